The van der Waals surface area contributed by atoms with Crippen molar-refractivity contribution in [3.05, 3.63) is 59.1 Å². The molecular formula is C15H12ClN5. The summed E-state index contributed by atoms with van der Waals surface area (Å²) in [6.45, 7) is 0. The number of hydrogen-bond acceptors (Lipinski definition) is 4. The molecule has 0 saturated carbocycles. The van der Waals surface area contributed by atoms with E-state index in [1.807, 2.05) is 53.1 Å². The van der Waals surface area contributed by atoms with Crippen molar-refractivity contribution in [2.45, 2.75) is 6.17 Å². The summed E-state index contributed by atoms with van der Waals surface area (Å²) in [6, 6.07) is 15.5. The molecule has 0 bridgehead atoms. The van der Waals surface area contributed by atoms with Gasteiger partial charge in [-0.2, -0.15) is 0 Å². The fourth-order valence-corrected chi connectivity index (χ4v) is 2.81. The Kier molecular flexibility index (Phi) is 2.62. The molecule has 6 heteroatoms. The summed E-state index contributed by atoms with van der Waals surface area (Å²) in [6.07, 6.45) is -0.271. The second-order valence-corrected chi connectivity index (χ2v) is 5.30. The molecule has 1 aliphatic rings. The Morgan fingerprint density at radius 1 is 1.14 bits per heavy atom. The zero-order valence-corrected chi connectivity index (χ0v) is 11.7. The highest BCUT2D eigenvalue weighted by atomic mass is 35.5. The first-order valence-corrected chi connectivity index (χ1v) is 6.93. The van der Waals surface area contributed by atoms with Crippen molar-refractivity contribution in [2.75, 3.05) is 5.32 Å². The number of para-hydroxylation sites is 2. The molecule has 5 nitrogen and oxygen atoms in total. The first kappa shape index (κ1) is 12.2. The Balaban J connectivity index is 1.97. The van der Waals surface area contributed by atoms with Crippen molar-refractivity contribution in [1.82, 2.24) is 9.55 Å². The number of guanidine groups is 1. The third-order valence-electron chi connectivity index (χ3n) is 3.49. The molecule has 0 fully saturated rings. The second kappa shape index (κ2) is 4.49. The van der Waals surface area contributed by atoms with Crippen LogP contribution in [0.2, 0.25) is 5.02 Å². The van der Waals surface area contributed by atoms with E-state index in [4.69, 9.17) is 17.3 Å². The predicted molar refractivity (Wildman–Crippen MR) is 84.6 cm³/mol. The average molecular weight is 298 g/mol. The van der Waals surface area contributed by atoms with Gasteiger partial charge in [-0.05, 0) is 29.8 Å². The topological polar surface area (TPSA) is 68.2 Å². The summed E-state index contributed by atoms with van der Waals surface area (Å²) < 4.78 is 2.03. The van der Waals surface area contributed by atoms with Crippen molar-refractivity contribution >= 4 is 34.5 Å². The average Bonchev–Trinajstić information content (AvgIpc) is 2.84. The molecule has 0 radical (unpaired) electrons. The number of nitrogens with one attached hydrogen (secondary N) is 1. The fraction of sp³-hybridized carbons (Fsp3) is 0.0667. The number of benzene rings is 2. The summed E-state index contributed by atoms with van der Waals surface area (Å²) in [5.41, 5.74) is 8.76. The number of aliphatic imine (C=N–C) groups is 1. The first-order chi connectivity index (χ1) is 10.2. The smallest absolute Gasteiger partial charge is 0.212 e. The molecule has 0 aliphatic carbocycles. The van der Waals surface area contributed by atoms with Crippen LogP contribution in [0.4, 0.5) is 5.95 Å². The lowest BCUT2D eigenvalue weighted by Gasteiger charge is -2.23. The standard InChI is InChI=1S/C15H12ClN5/c16-10-5-3-4-9(8-10)13-19-14(17)20-15-18-11-6-1-2-7-12(11)21(13)15/h1-8,13H,(H3,17,18,19,20)/t13-/m1/s1. The van der Waals surface area contributed by atoms with E-state index in [1.54, 1.807) is 0 Å². The van der Waals surface area contributed by atoms with Crippen LogP contribution >= 0.6 is 11.6 Å². The molecule has 4 rings (SSSR count). The van der Waals surface area contributed by atoms with Crippen molar-refractivity contribution in [3.8, 4) is 0 Å². The molecule has 21 heavy (non-hydrogen) atoms. The number of nitrogens with two attached hydrogens (primary N) is 1. The number of imidazole rings is 1. The van der Waals surface area contributed by atoms with Crippen molar-refractivity contribution < 1.29 is 0 Å². The molecule has 0 amide bonds. The van der Waals surface area contributed by atoms with Crippen molar-refractivity contribution in [2.24, 2.45) is 10.7 Å². The van der Waals surface area contributed by atoms with Crippen LogP contribution in [0.15, 0.2) is 53.5 Å². The number of fused-ring (bicyclic) bond motifs is 3. The van der Waals surface area contributed by atoms with Gasteiger partial charge in [-0.15, -0.1) is 0 Å². The van der Waals surface area contributed by atoms with Crippen LogP contribution in [0, 0.1) is 0 Å². The third kappa shape index (κ3) is 1.94. The van der Waals surface area contributed by atoms with Gasteiger partial charge in [-0.25, -0.2) is 9.98 Å². The molecule has 0 unspecified atom stereocenters. The van der Waals surface area contributed by atoms with Gasteiger partial charge in [-0.3, -0.25) is 9.88 Å². The lowest BCUT2D eigenvalue weighted by Crippen LogP contribution is -2.31. The molecule has 0 saturated heterocycles. The largest absolute Gasteiger partial charge is 0.370 e. The lowest BCUT2D eigenvalue weighted by molar-refractivity contribution is 0.626. The minimum Gasteiger partial charge on any atom is -0.370 e. The van der Waals surface area contributed by atoms with E-state index in [1.165, 1.54) is 0 Å². The van der Waals surface area contributed by atoms with E-state index in [9.17, 15) is 0 Å². The SMILES string of the molecule is NC1=N[C@@H](c2cccc(Cl)c2)n2c(nc3ccccc32)N1. The van der Waals surface area contributed by atoms with Crippen LogP contribution < -0.4 is 11.1 Å². The van der Waals surface area contributed by atoms with Gasteiger partial charge in [0.05, 0.1) is 11.0 Å². The van der Waals surface area contributed by atoms with E-state index in [-0.39, 0.29) is 6.17 Å². The van der Waals surface area contributed by atoms with Gasteiger partial charge >= 0.3 is 0 Å². The van der Waals surface area contributed by atoms with Gasteiger partial charge < -0.3 is 5.73 Å². The summed E-state index contributed by atoms with van der Waals surface area (Å²) in [5.74, 6) is 1.04. The van der Waals surface area contributed by atoms with Gasteiger partial charge in [0.25, 0.3) is 0 Å². The maximum Gasteiger partial charge on any atom is 0.212 e. The first-order valence-electron chi connectivity index (χ1n) is 6.55. The van der Waals surface area contributed by atoms with Crippen molar-refractivity contribution in [3.63, 3.8) is 0 Å². The number of hydrogen-bond donors (Lipinski definition) is 2. The Bertz CT molecular complexity index is 867. The monoisotopic (exact) mass is 297 g/mol. The molecule has 1 aliphatic heterocycles. The van der Waals surface area contributed by atoms with Crippen LogP contribution in [0.3, 0.4) is 0 Å². The molecule has 2 aromatic carbocycles. The zero-order valence-electron chi connectivity index (χ0n) is 11.0. The summed E-state index contributed by atoms with van der Waals surface area (Å²) in [4.78, 5) is 9.06. The number of rotatable bonds is 1. The summed E-state index contributed by atoms with van der Waals surface area (Å²) in [5, 5.41) is 3.68. The molecule has 1 atom stereocenters. The predicted octanol–water partition coefficient (Wildman–Crippen LogP) is 2.98. The highest BCUT2D eigenvalue weighted by molar-refractivity contribution is 6.30. The zero-order chi connectivity index (χ0) is 14.4. The summed E-state index contributed by atoms with van der Waals surface area (Å²) >= 11 is 6.10. The maximum absolute atomic E-state index is 6.10. The highest BCUT2D eigenvalue weighted by Gasteiger charge is 2.24. The van der Waals surface area contributed by atoms with Crippen LogP contribution in [-0.4, -0.2) is 15.5 Å². The third-order valence-corrected chi connectivity index (χ3v) is 3.72. The summed E-state index contributed by atoms with van der Waals surface area (Å²) in [7, 11) is 0. The molecule has 3 N–H and O–H groups in total. The molecule has 0 spiro atoms. The molecule has 104 valence electrons. The normalized spacial score (nSPS) is 17.2. The molecule has 1 aromatic heterocycles. The van der Waals surface area contributed by atoms with Gasteiger partial charge in [0.2, 0.25) is 5.95 Å². The Morgan fingerprint density at radius 2 is 2.00 bits per heavy atom. The number of aromatic nitrogens is 2. The Morgan fingerprint density at radius 3 is 2.86 bits per heavy atom. The van der Waals surface area contributed by atoms with Crippen LogP contribution in [0.1, 0.15) is 11.7 Å². The minimum absolute atomic E-state index is 0.271. The van der Waals surface area contributed by atoms with Gasteiger partial charge in [0.1, 0.15) is 0 Å². The molecule has 3 aromatic rings. The Hall–Kier alpha value is -2.53. The minimum atomic E-state index is -0.271. The quantitative estimate of drug-likeness (QED) is 0.725. The molecular weight excluding hydrogens is 286 g/mol. The van der Waals surface area contributed by atoms with Gasteiger partial charge in [0, 0.05) is 5.02 Å². The van der Waals surface area contributed by atoms with Gasteiger partial charge in [-0.1, -0.05) is 35.9 Å². The van der Waals surface area contributed by atoms with Crippen molar-refractivity contribution in [1.29, 1.82) is 0 Å². The van der Waals surface area contributed by atoms with E-state index in [0.717, 1.165) is 16.6 Å². The number of nitrogens with zero attached hydrogens (tertiary/aromatic N) is 3. The number of halogens is 1. The second-order valence-electron chi connectivity index (χ2n) is 4.86. The van der Waals surface area contributed by atoms with E-state index >= 15 is 0 Å². The Labute approximate surface area is 126 Å². The van der Waals surface area contributed by atoms with Gasteiger partial charge in [0.15, 0.2) is 12.1 Å². The number of anilines is 1. The molecule has 2 heterocycles. The van der Waals surface area contributed by atoms with E-state index in [0.29, 0.717) is 16.9 Å². The maximum atomic E-state index is 6.10. The van der Waals surface area contributed by atoms with E-state index in [2.05, 4.69) is 15.3 Å². The highest BCUT2D eigenvalue weighted by Crippen LogP contribution is 2.32. The lowest BCUT2D eigenvalue weighted by atomic mass is 10.1. The van der Waals surface area contributed by atoms with Crippen LogP contribution in [-0.2, 0) is 0 Å². The van der Waals surface area contributed by atoms with Crippen LogP contribution in [0.25, 0.3) is 11.0 Å². The van der Waals surface area contributed by atoms with Crippen LogP contribution in [0.5, 0.6) is 0 Å². The van der Waals surface area contributed by atoms with E-state index < -0.39 is 0 Å². The fourth-order valence-electron chi connectivity index (χ4n) is 2.61.